The molecular weight excluding hydrogens is 398 g/mol. The molecule has 1 aromatic carbocycles. The Balaban J connectivity index is 2.14. The zero-order valence-corrected chi connectivity index (χ0v) is 20.6. The fourth-order valence-corrected chi connectivity index (χ4v) is 6.27. The molecule has 1 fully saturated rings. The lowest BCUT2D eigenvalue weighted by molar-refractivity contribution is -0.137. The van der Waals surface area contributed by atoms with Gasteiger partial charge in [0.1, 0.15) is 0 Å². The van der Waals surface area contributed by atoms with Crippen LogP contribution >= 0.6 is 0 Å². The summed E-state index contributed by atoms with van der Waals surface area (Å²) in [5, 5.41) is 0. The summed E-state index contributed by atoms with van der Waals surface area (Å²) < 4.78 is 28.5. The van der Waals surface area contributed by atoms with Gasteiger partial charge in [0.15, 0.2) is 0 Å². The number of carbonyl (C=O) groups is 1. The van der Waals surface area contributed by atoms with E-state index in [9.17, 15) is 13.2 Å². The molecule has 1 saturated heterocycles. The number of nitrogens with zero attached hydrogens (tertiary/aromatic N) is 3. The lowest BCUT2D eigenvalue weighted by Gasteiger charge is -2.34. The van der Waals surface area contributed by atoms with Crippen molar-refractivity contribution in [1.82, 2.24) is 14.1 Å². The van der Waals surface area contributed by atoms with Gasteiger partial charge in [-0.2, -0.15) is 4.31 Å². The van der Waals surface area contributed by atoms with Crippen LogP contribution in [0.3, 0.4) is 0 Å². The summed E-state index contributed by atoms with van der Waals surface area (Å²) in [7, 11) is 0.450. The lowest BCUT2D eigenvalue weighted by Crippen LogP contribution is -2.46. The minimum atomic E-state index is -3.57. The second kappa shape index (κ2) is 10.2. The third-order valence-corrected chi connectivity index (χ3v) is 8.49. The Morgan fingerprint density at radius 3 is 2.00 bits per heavy atom. The van der Waals surface area contributed by atoms with Crippen LogP contribution in [0.1, 0.15) is 48.4 Å². The number of aryl methyl sites for hydroxylation is 2. The van der Waals surface area contributed by atoms with Gasteiger partial charge in [-0.3, -0.25) is 4.79 Å². The van der Waals surface area contributed by atoms with E-state index < -0.39 is 10.0 Å². The number of hydrogen-bond acceptors (Lipinski definition) is 4. The highest BCUT2D eigenvalue weighted by molar-refractivity contribution is 7.89. The van der Waals surface area contributed by atoms with Crippen LogP contribution < -0.4 is 0 Å². The first-order valence-electron chi connectivity index (χ1n) is 11.0. The second-order valence-corrected chi connectivity index (χ2v) is 10.8. The monoisotopic (exact) mass is 437 g/mol. The molecule has 170 valence electrons. The molecule has 0 N–H and O–H groups in total. The van der Waals surface area contributed by atoms with E-state index in [1.165, 1.54) is 0 Å². The van der Waals surface area contributed by atoms with Crippen LogP contribution in [0.25, 0.3) is 0 Å². The molecule has 1 aliphatic heterocycles. The van der Waals surface area contributed by atoms with Crippen molar-refractivity contribution in [3.05, 3.63) is 28.3 Å². The average molecular weight is 438 g/mol. The number of amides is 1. The number of piperidine rings is 1. The molecule has 6 nitrogen and oxygen atoms in total. The number of carbonyl (C=O) groups excluding carboxylic acids is 1. The molecule has 2 rings (SSSR count). The molecule has 0 atom stereocenters. The standard InChI is InChI=1S/C23H39N3O3S/c1-8-11-25(15-14-24(6)7)23(27)21-9-12-26(13-10-21)30(28,29)22-19(4)17(2)16-18(3)20(22)5/h16,21H,8-15H2,1-7H3. The SMILES string of the molecule is CCCN(CCN(C)C)C(=O)C1CCN(S(=O)(=O)c2c(C)c(C)cc(C)c2C)CC1. The molecule has 0 spiro atoms. The number of sulfonamides is 1. The Kier molecular flexibility index (Phi) is 8.48. The van der Waals surface area contributed by atoms with Crippen LogP contribution in [-0.2, 0) is 14.8 Å². The third-order valence-electron chi connectivity index (χ3n) is 6.32. The van der Waals surface area contributed by atoms with Crippen molar-refractivity contribution >= 4 is 15.9 Å². The maximum Gasteiger partial charge on any atom is 0.243 e. The molecule has 0 bridgehead atoms. The molecule has 1 amide bonds. The minimum absolute atomic E-state index is 0.0911. The summed E-state index contributed by atoms with van der Waals surface area (Å²) >= 11 is 0. The van der Waals surface area contributed by atoms with Crippen molar-refractivity contribution in [2.45, 2.75) is 58.8 Å². The van der Waals surface area contributed by atoms with Crippen LogP contribution in [0.5, 0.6) is 0 Å². The number of benzene rings is 1. The molecule has 0 saturated carbocycles. The van der Waals surface area contributed by atoms with Gasteiger partial charge in [0.25, 0.3) is 0 Å². The molecule has 0 radical (unpaired) electrons. The topological polar surface area (TPSA) is 60.9 Å². The first-order valence-corrected chi connectivity index (χ1v) is 12.5. The van der Waals surface area contributed by atoms with Gasteiger partial charge in [0.2, 0.25) is 15.9 Å². The molecule has 1 aromatic rings. The summed E-state index contributed by atoms with van der Waals surface area (Å²) in [4.78, 5) is 17.5. The van der Waals surface area contributed by atoms with Crippen LogP contribution in [-0.4, -0.2) is 75.2 Å². The highest BCUT2D eigenvalue weighted by Gasteiger charge is 2.35. The molecule has 1 aliphatic rings. The molecule has 1 heterocycles. The van der Waals surface area contributed by atoms with Crippen molar-refractivity contribution in [3.63, 3.8) is 0 Å². The summed E-state index contributed by atoms with van der Waals surface area (Å²) in [6.07, 6.45) is 2.10. The fraction of sp³-hybridized carbons (Fsp3) is 0.696. The summed E-state index contributed by atoms with van der Waals surface area (Å²) in [5.41, 5.74) is 3.65. The summed E-state index contributed by atoms with van der Waals surface area (Å²) in [6, 6.07) is 2.05. The zero-order chi connectivity index (χ0) is 22.6. The quantitative estimate of drug-likeness (QED) is 0.627. The first kappa shape index (κ1) is 24.8. The van der Waals surface area contributed by atoms with Gasteiger partial charge in [-0.25, -0.2) is 8.42 Å². The van der Waals surface area contributed by atoms with Crippen LogP contribution in [0.2, 0.25) is 0 Å². The van der Waals surface area contributed by atoms with Crippen molar-refractivity contribution < 1.29 is 13.2 Å². The number of hydrogen-bond donors (Lipinski definition) is 0. The molecule has 0 unspecified atom stereocenters. The Morgan fingerprint density at radius 1 is 1.00 bits per heavy atom. The smallest absolute Gasteiger partial charge is 0.243 e. The number of rotatable bonds is 8. The highest BCUT2D eigenvalue weighted by Crippen LogP contribution is 2.31. The molecular formula is C23H39N3O3S. The second-order valence-electron chi connectivity index (χ2n) is 8.90. The molecule has 7 heteroatoms. The van der Waals surface area contributed by atoms with E-state index in [0.717, 1.165) is 48.3 Å². The van der Waals surface area contributed by atoms with E-state index >= 15 is 0 Å². The van der Waals surface area contributed by atoms with Crippen molar-refractivity contribution in [2.24, 2.45) is 5.92 Å². The van der Waals surface area contributed by atoms with Gasteiger partial charge >= 0.3 is 0 Å². The van der Waals surface area contributed by atoms with E-state index in [2.05, 4.69) is 11.8 Å². The summed E-state index contributed by atoms with van der Waals surface area (Å²) in [6.45, 7) is 12.9. The fourth-order valence-electron chi connectivity index (χ4n) is 4.22. The van der Waals surface area contributed by atoms with Crippen molar-refractivity contribution in [2.75, 3.05) is 46.8 Å². The van der Waals surface area contributed by atoms with E-state index in [1.54, 1.807) is 4.31 Å². The van der Waals surface area contributed by atoms with E-state index in [4.69, 9.17) is 0 Å². The van der Waals surface area contributed by atoms with Gasteiger partial charge in [-0.05, 0) is 83.3 Å². The maximum absolute atomic E-state index is 13.4. The third kappa shape index (κ3) is 5.42. The Morgan fingerprint density at radius 2 is 1.53 bits per heavy atom. The molecule has 30 heavy (non-hydrogen) atoms. The predicted octanol–water partition coefficient (Wildman–Crippen LogP) is 3.12. The van der Waals surface area contributed by atoms with Gasteiger partial charge < -0.3 is 9.80 Å². The molecule has 0 aromatic heterocycles. The first-order chi connectivity index (χ1) is 14.0. The Hall–Kier alpha value is -1.44. The van der Waals surface area contributed by atoms with Gasteiger partial charge in [-0.1, -0.05) is 13.0 Å². The van der Waals surface area contributed by atoms with E-state index in [1.807, 2.05) is 52.8 Å². The van der Waals surface area contributed by atoms with Crippen LogP contribution in [0, 0.1) is 33.6 Å². The highest BCUT2D eigenvalue weighted by atomic mass is 32.2. The average Bonchev–Trinajstić information content (AvgIpc) is 2.69. The lowest BCUT2D eigenvalue weighted by atomic mass is 9.96. The van der Waals surface area contributed by atoms with E-state index in [-0.39, 0.29) is 11.8 Å². The minimum Gasteiger partial charge on any atom is -0.341 e. The van der Waals surface area contributed by atoms with Crippen LogP contribution in [0.15, 0.2) is 11.0 Å². The number of likely N-dealkylation sites (N-methyl/N-ethyl adjacent to an activating group) is 1. The van der Waals surface area contributed by atoms with Crippen molar-refractivity contribution in [3.8, 4) is 0 Å². The maximum atomic E-state index is 13.4. The van der Waals surface area contributed by atoms with Crippen molar-refractivity contribution in [1.29, 1.82) is 0 Å². The summed E-state index contributed by atoms with van der Waals surface area (Å²) in [5.74, 6) is 0.0844. The molecule has 0 aliphatic carbocycles. The zero-order valence-electron chi connectivity index (χ0n) is 19.8. The van der Waals surface area contributed by atoms with Crippen LogP contribution in [0.4, 0.5) is 0 Å². The normalized spacial score (nSPS) is 16.3. The van der Waals surface area contributed by atoms with E-state index in [0.29, 0.717) is 30.8 Å². The largest absolute Gasteiger partial charge is 0.341 e. The predicted molar refractivity (Wildman–Crippen MR) is 122 cm³/mol. The Bertz CT molecular complexity index is 831. The Labute approximate surface area is 183 Å². The van der Waals surface area contributed by atoms with Gasteiger partial charge in [0.05, 0.1) is 4.90 Å². The van der Waals surface area contributed by atoms with Gasteiger partial charge in [0, 0.05) is 38.6 Å². The van der Waals surface area contributed by atoms with Gasteiger partial charge in [-0.15, -0.1) is 0 Å².